The molecule has 10 heteroatoms. The number of hydrogen-bond acceptors (Lipinski definition) is 8. The van der Waals surface area contributed by atoms with Gasteiger partial charge in [-0.1, -0.05) is 82.9 Å². The van der Waals surface area contributed by atoms with Crippen molar-refractivity contribution in [3.8, 4) is 0 Å². The molecule has 0 aromatic heterocycles. The molecule has 0 saturated heterocycles. The Morgan fingerprint density at radius 1 is 0.842 bits per heavy atom. The van der Waals surface area contributed by atoms with Crippen molar-refractivity contribution in [1.29, 1.82) is 0 Å². The molecule has 0 amide bonds. The second-order valence-electron chi connectivity index (χ2n) is 9.48. The van der Waals surface area contributed by atoms with Crippen LogP contribution in [0.5, 0.6) is 0 Å². The smallest absolute Gasteiger partial charge is 0.327 e. The van der Waals surface area contributed by atoms with Crippen LogP contribution in [-0.2, 0) is 33.9 Å². The van der Waals surface area contributed by atoms with E-state index in [1.165, 1.54) is 51.0 Å². The molecule has 0 fully saturated rings. The van der Waals surface area contributed by atoms with Crippen LogP contribution in [0.25, 0.3) is 0 Å². The molecule has 2 unspecified atom stereocenters. The minimum absolute atomic E-state index is 0.104. The molecule has 0 aromatic carbocycles. The Kier molecular flexibility index (Phi) is 23.2. The molecule has 0 aliphatic rings. The topological polar surface area (TPSA) is 136 Å². The fourth-order valence-electron chi connectivity index (χ4n) is 3.66. The van der Waals surface area contributed by atoms with E-state index in [9.17, 15) is 27.7 Å². The molecule has 0 rings (SSSR count). The third-order valence-electron chi connectivity index (χ3n) is 5.86. The van der Waals surface area contributed by atoms with Crippen molar-refractivity contribution in [3.05, 3.63) is 24.8 Å². The molecule has 2 atom stereocenters. The summed E-state index contributed by atoms with van der Waals surface area (Å²) in [5.74, 6) is -2.27. The van der Waals surface area contributed by atoms with E-state index in [1.807, 2.05) is 0 Å². The molecule has 0 bridgehead atoms. The summed E-state index contributed by atoms with van der Waals surface area (Å²) in [7, 11) is -4.90. The van der Waals surface area contributed by atoms with Crippen molar-refractivity contribution >= 4 is 22.1 Å². The largest absolute Gasteiger partial charge is 0.466 e. The molecule has 0 aliphatic heterocycles. The van der Waals surface area contributed by atoms with Crippen molar-refractivity contribution < 1.29 is 41.9 Å². The van der Waals surface area contributed by atoms with Crippen LogP contribution >= 0.6 is 0 Å². The zero-order valence-electron chi connectivity index (χ0n) is 23.2. The van der Waals surface area contributed by atoms with E-state index in [-0.39, 0.29) is 19.8 Å². The second kappa shape index (κ2) is 24.3. The highest BCUT2D eigenvalue weighted by Crippen LogP contribution is 2.12. The van der Waals surface area contributed by atoms with Crippen molar-refractivity contribution in [2.24, 2.45) is 0 Å². The van der Waals surface area contributed by atoms with Gasteiger partial charge in [0.2, 0.25) is 0 Å². The lowest BCUT2D eigenvalue weighted by Crippen LogP contribution is -2.36. The van der Waals surface area contributed by atoms with Gasteiger partial charge in [-0.3, -0.25) is 14.1 Å². The summed E-state index contributed by atoms with van der Waals surface area (Å²) in [5.41, 5.74) is 0. The van der Waals surface area contributed by atoms with Crippen LogP contribution < -0.4 is 0 Å². The van der Waals surface area contributed by atoms with Gasteiger partial charge in [-0.2, -0.15) is 8.42 Å². The van der Waals surface area contributed by atoms with Crippen LogP contribution in [0.15, 0.2) is 24.8 Å². The molecule has 222 valence electrons. The standard InChI is InChI=1S/C28H50O9S/c1-3-5-6-7-8-9-10-11-12-13-14-15-16-17-18-19-21-36-27(30)22-26(38(32,33)34)28(31)37-24-25(29)23-35-20-4-2/h4,11-12,25-26,29H,2-3,5-10,13-24H2,1H3,(H,32,33,34)/b12-11-. The molecule has 0 spiro atoms. The predicted octanol–water partition coefficient (Wildman–Crippen LogP) is 5.32. The van der Waals surface area contributed by atoms with Gasteiger partial charge in [0.25, 0.3) is 10.1 Å². The average Bonchev–Trinajstić information content (AvgIpc) is 2.87. The number of allylic oxidation sites excluding steroid dienone is 2. The van der Waals surface area contributed by atoms with Crippen molar-refractivity contribution in [3.63, 3.8) is 0 Å². The van der Waals surface area contributed by atoms with E-state index in [4.69, 9.17) is 14.2 Å². The van der Waals surface area contributed by atoms with Gasteiger partial charge in [0.05, 0.1) is 26.2 Å². The van der Waals surface area contributed by atoms with Gasteiger partial charge in [0.1, 0.15) is 12.7 Å². The van der Waals surface area contributed by atoms with Gasteiger partial charge < -0.3 is 19.3 Å². The molecule has 0 heterocycles. The maximum atomic E-state index is 12.1. The van der Waals surface area contributed by atoms with Gasteiger partial charge in [0.15, 0.2) is 5.25 Å². The maximum Gasteiger partial charge on any atom is 0.327 e. The van der Waals surface area contributed by atoms with E-state index in [1.54, 1.807) is 0 Å². The fraction of sp³-hybridized carbons (Fsp3) is 0.786. The maximum absolute atomic E-state index is 12.1. The Bertz CT molecular complexity index is 749. The highest BCUT2D eigenvalue weighted by Gasteiger charge is 2.36. The SMILES string of the molecule is C=CCOCC(O)COC(=O)C(CC(=O)OCCCCCCCC/C=C\CCCCCCCC)S(=O)(=O)O. The molecular weight excluding hydrogens is 512 g/mol. The van der Waals surface area contributed by atoms with Crippen molar-refractivity contribution in [1.82, 2.24) is 0 Å². The Morgan fingerprint density at radius 3 is 1.95 bits per heavy atom. The van der Waals surface area contributed by atoms with Gasteiger partial charge in [0, 0.05) is 0 Å². The lowest BCUT2D eigenvalue weighted by Gasteiger charge is -2.15. The number of ether oxygens (including phenoxy) is 3. The summed E-state index contributed by atoms with van der Waals surface area (Å²) in [5, 5.41) is 7.55. The van der Waals surface area contributed by atoms with Gasteiger partial charge in [-0.05, 0) is 32.1 Å². The second-order valence-corrected chi connectivity index (χ2v) is 11.1. The minimum Gasteiger partial charge on any atom is -0.466 e. The minimum atomic E-state index is -4.90. The monoisotopic (exact) mass is 562 g/mol. The molecule has 38 heavy (non-hydrogen) atoms. The Labute approximate surface area is 229 Å². The summed E-state index contributed by atoms with van der Waals surface area (Å²) < 4.78 is 47.1. The first-order chi connectivity index (χ1) is 18.2. The van der Waals surface area contributed by atoms with E-state index < -0.39 is 46.4 Å². The fourth-order valence-corrected chi connectivity index (χ4v) is 4.32. The van der Waals surface area contributed by atoms with Gasteiger partial charge in [-0.15, -0.1) is 6.58 Å². The lowest BCUT2D eigenvalue weighted by atomic mass is 10.1. The average molecular weight is 563 g/mol. The normalized spacial score (nSPS) is 13.3. The molecule has 0 aliphatic carbocycles. The Morgan fingerprint density at radius 2 is 1.39 bits per heavy atom. The summed E-state index contributed by atoms with van der Waals surface area (Å²) in [6, 6.07) is 0. The van der Waals surface area contributed by atoms with Crippen LogP contribution in [0, 0.1) is 0 Å². The highest BCUT2D eigenvalue weighted by molar-refractivity contribution is 7.87. The molecule has 9 nitrogen and oxygen atoms in total. The molecule has 0 aromatic rings. The van der Waals surface area contributed by atoms with Crippen LogP contribution in [0.3, 0.4) is 0 Å². The summed E-state index contributed by atoms with van der Waals surface area (Å²) >= 11 is 0. The van der Waals surface area contributed by atoms with Crippen LogP contribution in [-0.4, -0.2) is 67.8 Å². The number of aliphatic hydroxyl groups is 1. The molecule has 0 saturated carbocycles. The molecular formula is C28H50O9S. The third kappa shape index (κ3) is 22.3. The zero-order valence-corrected chi connectivity index (χ0v) is 24.0. The van der Waals surface area contributed by atoms with Crippen molar-refractivity contribution in [2.75, 3.05) is 26.4 Å². The number of unbranched alkanes of at least 4 members (excludes halogenated alkanes) is 12. The van der Waals surface area contributed by atoms with E-state index >= 15 is 0 Å². The van der Waals surface area contributed by atoms with Gasteiger partial charge in [-0.25, -0.2) is 0 Å². The highest BCUT2D eigenvalue weighted by atomic mass is 32.2. The number of carbonyl (C=O) groups is 2. The van der Waals surface area contributed by atoms with E-state index in [2.05, 4.69) is 25.7 Å². The number of rotatable bonds is 26. The first kappa shape index (κ1) is 36.2. The molecule has 2 N–H and O–H groups in total. The number of esters is 2. The predicted molar refractivity (Wildman–Crippen MR) is 148 cm³/mol. The van der Waals surface area contributed by atoms with E-state index in [0.29, 0.717) is 6.42 Å². The Hall–Kier alpha value is -1.75. The summed E-state index contributed by atoms with van der Waals surface area (Å²) in [6.07, 6.45) is 20.1. The Balaban J connectivity index is 3.90. The quantitative estimate of drug-likeness (QED) is 0.0621. The van der Waals surface area contributed by atoms with Gasteiger partial charge >= 0.3 is 11.9 Å². The summed E-state index contributed by atoms with van der Waals surface area (Å²) in [6.45, 7) is 5.26. The number of carbonyl (C=O) groups excluding carboxylic acids is 2. The van der Waals surface area contributed by atoms with Crippen LogP contribution in [0.4, 0.5) is 0 Å². The number of aliphatic hydroxyl groups excluding tert-OH is 1. The van der Waals surface area contributed by atoms with E-state index in [0.717, 1.165) is 38.5 Å². The van der Waals surface area contributed by atoms with Crippen LogP contribution in [0.1, 0.15) is 103 Å². The third-order valence-corrected chi connectivity index (χ3v) is 6.94. The van der Waals surface area contributed by atoms with Crippen molar-refractivity contribution in [2.45, 2.75) is 115 Å². The molecule has 0 radical (unpaired) electrons. The zero-order chi connectivity index (χ0) is 28.5. The first-order valence-corrected chi connectivity index (χ1v) is 15.5. The first-order valence-electron chi connectivity index (χ1n) is 14.0. The number of hydrogen-bond donors (Lipinski definition) is 2. The lowest BCUT2D eigenvalue weighted by molar-refractivity contribution is -0.152. The van der Waals surface area contributed by atoms with Crippen LogP contribution in [0.2, 0.25) is 0 Å². The summed E-state index contributed by atoms with van der Waals surface area (Å²) in [4.78, 5) is 24.0.